The van der Waals surface area contributed by atoms with Gasteiger partial charge in [0.2, 0.25) is 0 Å². The Morgan fingerprint density at radius 2 is 1.91 bits per heavy atom. The molecule has 1 N–H and O–H groups in total. The van der Waals surface area contributed by atoms with Crippen LogP contribution in [0.4, 0.5) is 0 Å². The van der Waals surface area contributed by atoms with Crippen LogP contribution in [0.1, 0.15) is 25.3 Å². The molecule has 22 heavy (non-hydrogen) atoms. The number of piperidine rings is 1. The number of nitrogens with one attached hydrogen (secondary N) is 1. The van der Waals surface area contributed by atoms with Crippen LogP contribution in [0, 0.1) is 0 Å². The van der Waals surface area contributed by atoms with Gasteiger partial charge < -0.3 is 10.1 Å². The normalized spacial score (nSPS) is 27.4. The number of benzene rings is 1. The Balaban J connectivity index is 0.00000176. The van der Waals surface area contributed by atoms with E-state index in [-0.39, 0.29) is 12.4 Å². The number of rotatable bonds is 3. The highest BCUT2D eigenvalue weighted by Crippen LogP contribution is 2.23. The summed E-state index contributed by atoms with van der Waals surface area (Å²) in [4.78, 5) is 2.70. The van der Waals surface area contributed by atoms with Gasteiger partial charge in [0.15, 0.2) is 0 Å². The molecule has 1 aromatic carbocycles. The minimum atomic E-state index is 0. The van der Waals surface area contributed by atoms with Gasteiger partial charge in [0.25, 0.3) is 0 Å². The SMILES string of the molecule is C[C@H]1CN(C2CCNCC2)[C@@H](Cc2ccc(Cl)cc2)CO1.Cl. The van der Waals surface area contributed by atoms with Crippen LogP contribution < -0.4 is 5.32 Å². The highest BCUT2D eigenvalue weighted by Gasteiger charge is 2.32. The zero-order chi connectivity index (χ0) is 14.7. The highest BCUT2D eigenvalue weighted by atomic mass is 35.5. The fraction of sp³-hybridized carbons (Fsp3) is 0.647. The Labute approximate surface area is 144 Å². The highest BCUT2D eigenvalue weighted by molar-refractivity contribution is 6.30. The van der Waals surface area contributed by atoms with Crippen molar-refractivity contribution in [2.45, 2.75) is 44.4 Å². The van der Waals surface area contributed by atoms with E-state index in [0.29, 0.717) is 18.2 Å². The lowest BCUT2D eigenvalue weighted by Crippen LogP contribution is -2.56. The second kappa shape index (κ2) is 8.51. The molecule has 0 aromatic heterocycles. The number of ether oxygens (including phenoxy) is 1. The molecule has 0 saturated carbocycles. The van der Waals surface area contributed by atoms with Gasteiger partial charge in [-0.1, -0.05) is 23.7 Å². The van der Waals surface area contributed by atoms with Crippen LogP contribution in [0.3, 0.4) is 0 Å². The van der Waals surface area contributed by atoms with Crippen molar-refractivity contribution in [2.75, 3.05) is 26.2 Å². The van der Waals surface area contributed by atoms with Crippen molar-refractivity contribution in [3.05, 3.63) is 34.9 Å². The zero-order valence-electron chi connectivity index (χ0n) is 13.1. The Hall–Kier alpha value is -0.320. The van der Waals surface area contributed by atoms with Crippen LogP contribution in [0.25, 0.3) is 0 Å². The Morgan fingerprint density at radius 3 is 2.59 bits per heavy atom. The maximum atomic E-state index is 5.98. The summed E-state index contributed by atoms with van der Waals surface area (Å²) in [5.74, 6) is 0. The van der Waals surface area contributed by atoms with Gasteiger partial charge in [0.1, 0.15) is 0 Å². The summed E-state index contributed by atoms with van der Waals surface area (Å²) in [7, 11) is 0. The molecule has 2 heterocycles. The van der Waals surface area contributed by atoms with Crippen molar-refractivity contribution < 1.29 is 4.74 Å². The van der Waals surface area contributed by atoms with E-state index in [0.717, 1.165) is 37.7 Å². The predicted molar refractivity (Wildman–Crippen MR) is 94.2 cm³/mol. The fourth-order valence-electron chi connectivity index (χ4n) is 3.52. The number of morpholine rings is 1. The first-order valence-electron chi connectivity index (χ1n) is 8.05. The maximum Gasteiger partial charge on any atom is 0.0674 e. The van der Waals surface area contributed by atoms with Gasteiger partial charge in [-0.25, -0.2) is 0 Å². The summed E-state index contributed by atoms with van der Waals surface area (Å²) >= 11 is 5.98. The topological polar surface area (TPSA) is 24.5 Å². The van der Waals surface area contributed by atoms with Gasteiger partial charge in [0.05, 0.1) is 12.7 Å². The minimum absolute atomic E-state index is 0. The average molecular weight is 345 g/mol. The van der Waals surface area contributed by atoms with Gasteiger partial charge in [-0.2, -0.15) is 0 Å². The van der Waals surface area contributed by atoms with Crippen molar-refractivity contribution in [1.29, 1.82) is 0 Å². The first kappa shape index (κ1) is 18.0. The number of hydrogen-bond acceptors (Lipinski definition) is 3. The first-order chi connectivity index (χ1) is 10.2. The molecule has 3 rings (SSSR count). The lowest BCUT2D eigenvalue weighted by atomic mass is 9.97. The fourth-order valence-corrected chi connectivity index (χ4v) is 3.65. The van der Waals surface area contributed by atoms with Crippen LogP contribution in [-0.4, -0.2) is 49.3 Å². The summed E-state index contributed by atoms with van der Waals surface area (Å²) in [6.45, 7) is 6.37. The first-order valence-corrected chi connectivity index (χ1v) is 8.42. The van der Waals surface area contributed by atoms with Gasteiger partial charge in [-0.05, 0) is 57.0 Å². The second-order valence-corrected chi connectivity index (χ2v) is 6.74. The number of hydrogen-bond donors (Lipinski definition) is 1. The maximum absolute atomic E-state index is 5.98. The zero-order valence-corrected chi connectivity index (χ0v) is 14.7. The summed E-state index contributed by atoms with van der Waals surface area (Å²) < 4.78 is 5.92. The van der Waals surface area contributed by atoms with Gasteiger partial charge >= 0.3 is 0 Å². The Kier molecular flexibility index (Phi) is 6.97. The van der Waals surface area contributed by atoms with E-state index in [1.165, 1.54) is 18.4 Å². The molecule has 0 amide bonds. The molecule has 3 nitrogen and oxygen atoms in total. The molecule has 0 spiro atoms. The molecule has 1 aromatic rings. The van der Waals surface area contributed by atoms with Crippen LogP contribution >= 0.6 is 24.0 Å². The number of halogens is 2. The molecule has 2 aliphatic rings. The average Bonchev–Trinajstić information content (AvgIpc) is 2.52. The largest absolute Gasteiger partial charge is 0.376 e. The molecular weight excluding hydrogens is 319 g/mol. The minimum Gasteiger partial charge on any atom is -0.376 e. The molecule has 124 valence electrons. The van der Waals surface area contributed by atoms with E-state index in [4.69, 9.17) is 16.3 Å². The molecule has 0 aliphatic carbocycles. The molecule has 2 fully saturated rings. The van der Waals surface area contributed by atoms with Gasteiger partial charge in [-0.15, -0.1) is 12.4 Å². The quantitative estimate of drug-likeness (QED) is 0.911. The van der Waals surface area contributed by atoms with E-state index in [1.807, 2.05) is 12.1 Å². The summed E-state index contributed by atoms with van der Waals surface area (Å²) in [5.41, 5.74) is 1.35. The third kappa shape index (κ3) is 4.59. The van der Waals surface area contributed by atoms with E-state index < -0.39 is 0 Å². The molecule has 2 aliphatic heterocycles. The molecule has 0 bridgehead atoms. The van der Waals surface area contributed by atoms with Gasteiger partial charge in [-0.3, -0.25) is 4.90 Å². The van der Waals surface area contributed by atoms with Crippen molar-refractivity contribution in [3.8, 4) is 0 Å². The third-order valence-electron chi connectivity index (χ3n) is 4.67. The summed E-state index contributed by atoms with van der Waals surface area (Å²) in [6, 6.07) is 9.44. The monoisotopic (exact) mass is 344 g/mol. The van der Waals surface area contributed by atoms with E-state index in [2.05, 4.69) is 29.3 Å². The van der Waals surface area contributed by atoms with Crippen LogP contribution in [-0.2, 0) is 11.2 Å². The Morgan fingerprint density at radius 1 is 1.23 bits per heavy atom. The Bertz CT molecular complexity index is 448. The second-order valence-electron chi connectivity index (χ2n) is 6.31. The van der Waals surface area contributed by atoms with Crippen LogP contribution in [0.5, 0.6) is 0 Å². The van der Waals surface area contributed by atoms with Crippen molar-refractivity contribution in [2.24, 2.45) is 0 Å². The van der Waals surface area contributed by atoms with Crippen LogP contribution in [0.2, 0.25) is 5.02 Å². The molecule has 2 atom stereocenters. The van der Waals surface area contributed by atoms with Crippen molar-refractivity contribution in [1.82, 2.24) is 10.2 Å². The van der Waals surface area contributed by atoms with E-state index >= 15 is 0 Å². The molecule has 0 unspecified atom stereocenters. The number of nitrogens with zero attached hydrogens (tertiary/aromatic N) is 1. The summed E-state index contributed by atoms with van der Waals surface area (Å²) in [6.07, 6.45) is 3.91. The molecular formula is C17H26Cl2N2O. The molecule has 5 heteroatoms. The smallest absolute Gasteiger partial charge is 0.0674 e. The van der Waals surface area contributed by atoms with Crippen molar-refractivity contribution in [3.63, 3.8) is 0 Å². The molecule has 0 radical (unpaired) electrons. The van der Waals surface area contributed by atoms with Crippen molar-refractivity contribution >= 4 is 24.0 Å². The van der Waals surface area contributed by atoms with Gasteiger partial charge in [0, 0.05) is 23.7 Å². The lowest BCUT2D eigenvalue weighted by molar-refractivity contribution is -0.0752. The third-order valence-corrected chi connectivity index (χ3v) is 4.92. The predicted octanol–water partition coefficient (Wildman–Crippen LogP) is 3.15. The lowest BCUT2D eigenvalue weighted by Gasteiger charge is -2.45. The standard InChI is InChI=1S/C17H25ClN2O.ClH/c1-13-11-20(16-6-8-19-9-7-16)17(12-21-13)10-14-2-4-15(18)5-3-14;/h2-5,13,16-17,19H,6-12H2,1H3;1H/t13-,17-;/m0./s1. The summed E-state index contributed by atoms with van der Waals surface area (Å²) in [5, 5.41) is 4.27. The molecule has 2 saturated heterocycles. The van der Waals surface area contributed by atoms with E-state index in [9.17, 15) is 0 Å². The van der Waals surface area contributed by atoms with Crippen LogP contribution in [0.15, 0.2) is 24.3 Å². The van der Waals surface area contributed by atoms with E-state index in [1.54, 1.807) is 0 Å².